The van der Waals surface area contributed by atoms with Crippen LogP contribution in [0.25, 0.3) is 0 Å². The van der Waals surface area contributed by atoms with Crippen molar-refractivity contribution in [2.75, 3.05) is 17.4 Å². The molecular weight excluding hydrogens is 621 g/mol. The lowest BCUT2D eigenvalue weighted by Gasteiger charge is -2.33. The number of halogens is 2. The van der Waals surface area contributed by atoms with Gasteiger partial charge < -0.3 is 10.2 Å². The topological polar surface area (TPSA) is 86.8 Å². The van der Waals surface area contributed by atoms with Crippen LogP contribution in [0.1, 0.15) is 18.1 Å². The van der Waals surface area contributed by atoms with Crippen molar-refractivity contribution >= 4 is 43.5 Å². The third-order valence-electron chi connectivity index (χ3n) is 6.59. The van der Waals surface area contributed by atoms with E-state index in [2.05, 4.69) is 21.2 Å². The number of amides is 2. The highest BCUT2D eigenvalue weighted by atomic mass is 79.9. The molecule has 10 heteroatoms. The molecule has 0 radical (unpaired) electrons. The molecule has 0 fully saturated rings. The summed E-state index contributed by atoms with van der Waals surface area (Å²) in [5.41, 5.74) is 1.71. The minimum absolute atomic E-state index is 0.0229. The number of anilines is 1. The van der Waals surface area contributed by atoms with Gasteiger partial charge in [-0.3, -0.25) is 13.9 Å². The second-order valence-electron chi connectivity index (χ2n) is 9.55. The Morgan fingerprint density at radius 3 is 2.10 bits per heavy atom. The number of sulfonamides is 1. The van der Waals surface area contributed by atoms with Crippen LogP contribution in [-0.2, 0) is 32.6 Å². The molecule has 42 heavy (non-hydrogen) atoms. The van der Waals surface area contributed by atoms with Gasteiger partial charge in [-0.25, -0.2) is 12.8 Å². The molecule has 4 aromatic carbocycles. The van der Waals surface area contributed by atoms with Crippen LogP contribution in [-0.4, -0.2) is 44.3 Å². The predicted octanol–water partition coefficient (Wildman–Crippen LogP) is 5.56. The summed E-state index contributed by atoms with van der Waals surface area (Å²) >= 11 is 3.46. The van der Waals surface area contributed by atoms with Crippen LogP contribution >= 0.6 is 15.9 Å². The molecule has 0 aliphatic heterocycles. The number of rotatable bonds is 12. The van der Waals surface area contributed by atoms with Crippen LogP contribution < -0.4 is 9.62 Å². The zero-order chi connectivity index (χ0) is 30.1. The summed E-state index contributed by atoms with van der Waals surface area (Å²) in [6.45, 7) is 1.59. The molecule has 0 saturated heterocycles. The number of likely N-dealkylation sites (N-methyl/N-ethyl adjacent to an activating group) is 1. The van der Waals surface area contributed by atoms with Crippen molar-refractivity contribution in [1.29, 1.82) is 0 Å². The standard InChI is InChI=1S/C32H31BrFN3O4S/c1-2-35-32(39)30(21-24-10-5-3-6-11-24)36(22-25-12-9-13-26(33)20-25)31(38)23-37(28-18-16-27(34)17-19-28)42(40,41)29-14-7-4-8-15-29/h3-20,30H,2,21-23H2,1H3,(H,35,39)/t30-/m1/s1. The Balaban J connectivity index is 1.78. The van der Waals surface area contributed by atoms with Crippen molar-refractivity contribution in [3.8, 4) is 0 Å². The number of carbonyl (C=O) groups excluding carboxylic acids is 2. The second-order valence-corrected chi connectivity index (χ2v) is 12.3. The van der Waals surface area contributed by atoms with E-state index in [0.717, 1.165) is 32.0 Å². The Morgan fingerprint density at radius 1 is 0.857 bits per heavy atom. The van der Waals surface area contributed by atoms with Gasteiger partial charge in [-0.15, -0.1) is 0 Å². The molecule has 7 nitrogen and oxygen atoms in total. The molecule has 0 spiro atoms. The summed E-state index contributed by atoms with van der Waals surface area (Å²) < 4.78 is 43.3. The monoisotopic (exact) mass is 651 g/mol. The van der Waals surface area contributed by atoms with Gasteiger partial charge >= 0.3 is 0 Å². The minimum Gasteiger partial charge on any atom is -0.355 e. The van der Waals surface area contributed by atoms with Crippen LogP contribution in [0, 0.1) is 5.82 Å². The van der Waals surface area contributed by atoms with E-state index >= 15 is 0 Å². The van der Waals surface area contributed by atoms with E-state index < -0.39 is 34.3 Å². The van der Waals surface area contributed by atoms with Crippen molar-refractivity contribution < 1.29 is 22.4 Å². The van der Waals surface area contributed by atoms with Crippen molar-refractivity contribution in [3.63, 3.8) is 0 Å². The molecule has 0 aliphatic rings. The number of nitrogens with one attached hydrogen (secondary N) is 1. The van der Waals surface area contributed by atoms with Crippen molar-refractivity contribution in [1.82, 2.24) is 10.2 Å². The van der Waals surface area contributed by atoms with E-state index in [9.17, 15) is 22.4 Å². The minimum atomic E-state index is -4.23. The molecule has 0 aromatic heterocycles. The molecule has 2 amide bonds. The van der Waals surface area contributed by atoms with Gasteiger partial charge in [-0.05, 0) is 66.6 Å². The summed E-state index contributed by atoms with van der Waals surface area (Å²) in [6.07, 6.45) is 0.217. The molecule has 1 N–H and O–H groups in total. The average molecular weight is 653 g/mol. The molecule has 0 saturated carbocycles. The highest BCUT2D eigenvalue weighted by molar-refractivity contribution is 9.10. The van der Waals surface area contributed by atoms with Gasteiger partial charge in [0.25, 0.3) is 10.0 Å². The molecule has 0 bridgehead atoms. The number of carbonyl (C=O) groups is 2. The summed E-state index contributed by atoms with van der Waals surface area (Å²) in [7, 11) is -4.23. The zero-order valence-corrected chi connectivity index (χ0v) is 25.4. The van der Waals surface area contributed by atoms with Crippen molar-refractivity contribution in [2.24, 2.45) is 0 Å². The van der Waals surface area contributed by atoms with Gasteiger partial charge in [-0.2, -0.15) is 0 Å². The molecule has 4 rings (SSSR count). The highest BCUT2D eigenvalue weighted by Crippen LogP contribution is 2.25. The van der Waals surface area contributed by atoms with E-state index in [1.165, 1.54) is 29.2 Å². The number of nitrogens with zero attached hydrogens (tertiary/aromatic N) is 2. The third kappa shape index (κ3) is 7.83. The van der Waals surface area contributed by atoms with Gasteiger partial charge in [-0.1, -0.05) is 76.6 Å². The lowest BCUT2D eigenvalue weighted by molar-refractivity contribution is -0.140. The zero-order valence-electron chi connectivity index (χ0n) is 23.0. The highest BCUT2D eigenvalue weighted by Gasteiger charge is 2.34. The summed E-state index contributed by atoms with van der Waals surface area (Å²) in [5, 5.41) is 2.83. The van der Waals surface area contributed by atoms with E-state index in [1.54, 1.807) is 25.1 Å². The first-order valence-corrected chi connectivity index (χ1v) is 15.6. The van der Waals surface area contributed by atoms with Crippen molar-refractivity contribution in [2.45, 2.75) is 30.8 Å². The fourth-order valence-electron chi connectivity index (χ4n) is 4.53. The first kappa shape index (κ1) is 30.9. The lowest BCUT2D eigenvalue weighted by Crippen LogP contribution is -2.53. The molecule has 0 aliphatic carbocycles. The van der Waals surface area contributed by atoms with E-state index in [0.29, 0.717) is 6.54 Å². The molecule has 0 heterocycles. The van der Waals surface area contributed by atoms with Crippen LogP contribution in [0.3, 0.4) is 0 Å². The van der Waals surface area contributed by atoms with Gasteiger partial charge in [0.2, 0.25) is 11.8 Å². The smallest absolute Gasteiger partial charge is 0.264 e. The van der Waals surface area contributed by atoms with Crippen LogP contribution in [0.15, 0.2) is 119 Å². The maximum Gasteiger partial charge on any atom is 0.264 e. The molecule has 0 unspecified atom stereocenters. The van der Waals surface area contributed by atoms with Gasteiger partial charge in [0.15, 0.2) is 0 Å². The van der Waals surface area contributed by atoms with Crippen molar-refractivity contribution in [3.05, 3.63) is 131 Å². The summed E-state index contributed by atoms with van der Waals surface area (Å²) in [5.74, 6) is -1.49. The van der Waals surface area contributed by atoms with Gasteiger partial charge in [0.05, 0.1) is 10.6 Å². The summed E-state index contributed by atoms with van der Waals surface area (Å²) in [6, 6.07) is 28.4. The van der Waals surface area contributed by atoms with Crippen LogP contribution in [0.5, 0.6) is 0 Å². The van der Waals surface area contributed by atoms with Gasteiger partial charge in [0.1, 0.15) is 18.4 Å². The SMILES string of the molecule is CCNC(=O)[C@@H](Cc1ccccc1)N(Cc1cccc(Br)c1)C(=O)CN(c1ccc(F)cc1)S(=O)(=O)c1ccccc1. The largest absolute Gasteiger partial charge is 0.355 e. The summed E-state index contributed by atoms with van der Waals surface area (Å²) in [4.78, 5) is 29.1. The lowest BCUT2D eigenvalue weighted by atomic mass is 10.0. The Labute approximate surface area is 254 Å². The molecular formula is C32H31BrFN3O4S. The molecule has 1 atom stereocenters. The fraction of sp³-hybridized carbons (Fsp3) is 0.188. The maximum atomic E-state index is 14.3. The number of hydrogen-bond acceptors (Lipinski definition) is 4. The first-order chi connectivity index (χ1) is 20.2. The second kappa shape index (κ2) is 14.2. The molecule has 218 valence electrons. The first-order valence-electron chi connectivity index (χ1n) is 13.4. The quantitative estimate of drug-likeness (QED) is 0.217. The Kier molecular flexibility index (Phi) is 10.5. The number of benzene rings is 4. The van der Waals surface area contributed by atoms with Gasteiger partial charge in [0, 0.05) is 24.0 Å². The Bertz CT molecular complexity index is 1600. The Morgan fingerprint density at radius 2 is 1.48 bits per heavy atom. The maximum absolute atomic E-state index is 14.3. The normalized spacial score (nSPS) is 11.9. The van der Waals surface area contributed by atoms with E-state index in [1.807, 2.05) is 54.6 Å². The molecule has 4 aromatic rings. The average Bonchev–Trinajstić information content (AvgIpc) is 2.99. The fourth-order valence-corrected chi connectivity index (χ4v) is 6.42. The van der Waals surface area contributed by atoms with E-state index in [-0.39, 0.29) is 29.5 Å². The Hall–Kier alpha value is -4.02. The van der Waals surface area contributed by atoms with Crippen LogP contribution in [0.4, 0.5) is 10.1 Å². The predicted molar refractivity (Wildman–Crippen MR) is 165 cm³/mol. The van der Waals surface area contributed by atoms with Crippen LogP contribution in [0.2, 0.25) is 0 Å². The number of hydrogen-bond donors (Lipinski definition) is 1. The third-order valence-corrected chi connectivity index (χ3v) is 8.87. The van der Waals surface area contributed by atoms with E-state index in [4.69, 9.17) is 0 Å².